The summed E-state index contributed by atoms with van der Waals surface area (Å²) in [5, 5.41) is 13.6. The van der Waals surface area contributed by atoms with Gasteiger partial charge in [-0.05, 0) is 35.2 Å². The third-order valence-electron chi connectivity index (χ3n) is 4.80. The van der Waals surface area contributed by atoms with Crippen LogP contribution in [0, 0.1) is 0 Å². The van der Waals surface area contributed by atoms with Crippen LogP contribution in [0.25, 0.3) is 0 Å². The number of carbonyl (C=O) groups excluding carboxylic acids is 1. The van der Waals surface area contributed by atoms with Crippen molar-refractivity contribution in [3.63, 3.8) is 0 Å². The van der Waals surface area contributed by atoms with Gasteiger partial charge in [0, 0.05) is 28.0 Å². The van der Waals surface area contributed by atoms with Gasteiger partial charge in [0.1, 0.15) is 5.82 Å². The van der Waals surface area contributed by atoms with Crippen LogP contribution in [0.3, 0.4) is 0 Å². The van der Waals surface area contributed by atoms with E-state index in [9.17, 15) is 4.79 Å². The second kappa shape index (κ2) is 12.5. The summed E-state index contributed by atoms with van der Waals surface area (Å²) < 4.78 is 1.99. The van der Waals surface area contributed by atoms with E-state index in [-0.39, 0.29) is 11.7 Å². The fourth-order valence-corrected chi connectivity index (χ4v) is 5.46. The van der Waals surface area contributed by atoms with E-state index in [1.54, 1.807) is 23.9 Å². The number of para-hydroxylation sites is 1. The van der Waals surface area contributed by atoms with Crippen molar-refractivity contribution < 1.29 is 4.79 Å². The van der Waals surface area contributed by atoms with Gasteiger partial charge in [0.05, 0.1) is 11.5 Å². The fraction of sp³-hybridized carbons (Fsp3) is 0.292. The quantitative estimate of drug-likeness (QED) is 0.216. The maximum absolute atomic E-state index is 12.6. The minimum Gasteiger partial charge on any atom is -0.325 e. The van der Waals surface area contributed by atoms with Crippen LogP contribution in [0.5, 0.6) is 0 Å². The molecule has 0 fully saturated rings. The van der Waals surface area contributed by atoms with Crippen LogP contribution in [0.15, 0.2) is 60.3 Å². The van der Waals surface area contributed by atoms with E-state index in [0.717, 1.165) is 28.4 Å². The molecule has 0 aliphatic heterocycles. The van der Waals surface area contributed by atoms with Crippen molar-refractivity contribution in [1.29, 1.82) is 0 Å². The standard InChI is InChI=1S/C24H26Cl2N4OS2/c1-4-11-30-22(14-32-13-17-9-10-18(25)12-20(17)26)28-29-24(30)33-15-23(31)27-21-8-6-5-7-19(21)16(2)3/h4-10,12,16H,1,11,13-15H2,2-3H3,(H,27,31). The summed E-state index contributed by atoms with van der Waals surface area (Å²) in [6.45, 7) is 8.63. The van der Waals surface area contributed by atoms with Crippen molar-refractivity contribution in [3.05, 3.63) is 82.1 Å². The monoisotopic (exact) mass is 520 g/mol. The lowest BCUT2D eigenvalue weighted by Gasteiger charge is -2.13. The zero-order valence-corrected chi connectivity index (χ0v) is 21.7. The van der Waals surface area contributed by atoms with E-state index in [2.05, 4.69) is 35.9 Å². The van der Waals surface area contributed by atoms with Crippen LogP contribution >= 0.6 is 46.7 Å². The predicted octanol–water partition coefficient (Wildman–Crippen LogP) is 7.06. The Hall–Kier alpha value is -1.93. The molecule has 3 aromatic rings. The van der Waals surface area contributed by atoms with Crippen LogP contribution in [0.1, 0.15) is 36.7 Å². The number of nitrogens with zero attached hydrogens (tertiary/aromatic N) is 3. The molecular weight excluding hydrogens is 495 g/mol. The molecule has 0 bridgehead atoms. The van der Waals surface area contributed by atoms with Crippen LogP contribution in [-0.2, 0) is 22.8 Å². The van der Waals surface area contributed by atoms with Gasteiger partial charge in [-0.3, -0.25) is 4.79 Å². The van der Waals surface area contributed by atoms with Crippen LogP contribution < -0.4 is 5.32 Å². The molecule has 3 rings (SSSR count). The number of aromatic nitrogens is 3. The topological polar surface area (TPSA) is 59.8 Å². The SMILES string of the molecule is C=CCn1c(CSCc2ccc(Cl)cc2Cl)nnc1SCC(=O)Nc1ccccc1C(C)C. The lowest BCUT2D eigenvalue weighted by Crippen LogP contribution is -2.16. The van der Waals surface area contributed by atoms with Gasteiger partial charge >= 0.3 is 0 Å². The molecule has 0 aliphatic rings. The highest BCUT2D eigenvalue weighted by molar-refractivity contribution is 7.99. The first-order chi connectivity index (χ1) is 15.9. The van der Waals surface area contributed by atoms with Crippen molar-refractivity contribution in [2.75, 3.05) is 11.1 Å². The highest BCUT2D eigenvalue weighted by Crippen LogP contribution is 2.28. The molecule has 174 valence electrons. The Morgan fingerprint density at radius 1 is 1.18 bits per heavy atom. The number of thioether (sulfide) groups is 2. The van der Waals surface area contributed by atoms with Crippen molar-refractivity contribution in [1.82, 2.24) is 14.8 Å². The molecule has 0 spiro atoms. The first-order valence-corrected chi connectivity index (χ1v) is 13.3. The molecular formula is C24H26Cl2N4OS2. The number of rotatable bonds is 11. The van der Waals surface area contributed by atoms with E-state index in [1.807, 2.05) is 41.0 Å². The van der Waals surface area contributed by atoms with Crippen molar-refractivity contribution in [3.8, 4) is 0 Å². The summed E-state index contributed by atoms with van der Waals surface area (Å²) in [4.78, 5) is 12.6. The summed E-state index contributed by atoms with van der Waals surface area (Å²) in [5.41, 5.74) is 2.99. The van der Waals surface area contributed by atoms with Crippen LogP contribution in [-0.4, -0.2) is 26.4 Å². The van der Waals surface area contributed by atoms with Crippen molar-refractivity contribution in [2.45, 2.75) is 43.0 Å². The maximum Gasteiger partial charge on any atom is 0.234 e. The minimum atomic E-state index is -0.0745. The molecule has 5 nitrogen and oxygen atoms in total. The number of nitrogens with one attached hydrogen (secondary N) is 1. The number of benzene rings is 2. The average molecular weight is 522 g/mol. The maximum atomic E-state index is 12.6. The van der Waals surface area contributed by atoms with E-state index in [4.69, 9.17) is 23.2 Å². The molecule has 0 aliphatic carbocycles. The Labute approximate surface area is 213 Å². The molecule has 2 aromatic carbocycles. The van der Waals surface area contributed by atoms with Gasteiger partial charge in [0.2, 0.25) is 5.91 Å². The fourth-order valence-electron chi connectivity index (χ4n) is 3.17. The number of hydrogen-bond acceptors (Lipinski definition) is 5. The number of allylic oxidation sites excluding steroid dienone is 1. The Morgan fingerprint density at radius 2 is 1.97 bits per heavy atom. The molecule has 9 heteroatoms. The molecule has 0 saturated heterocycles. The van der Waals surface area contributed by atoms with E-state index in [0.29, 0.717) is 33.4 Å². The summed E-state index contributed by atoms with van der Waals surface area (Å²) in [5.74, 6) is 2.72. The number of halogens is 2. The average Bonchev–Trinajstić information content (AvgIpc) is 3.16. The van der Waals surface area contributed by atoms with E-state index >= 15 is 0 Å². The molecule has 0 atom stereocenters. The molecule has 1 N–H and O–H groups in total. The molecule has 1 amide bonds. The first-order valence-electron chi connectivity index (χ1n) is 10.4. The van der Waals surface area contributed by atoms with Gasteiger partial charge < -0.3 is 9.88 Å². The Morgan fingerprint density at radius 3 is 2.70 bits per heavy atom. The van der Waals surface area contributed by atoms with Gasteiger partial charge in [-0.2, -0.15) is 0 Å². The highest BCUT2D eigenvalue weighted by Gasteiger charge is 2.15. The van der Waals surface area contributed by atoms with Crippen LogP contribution in [0.2, 0.25) is 10.0 Å². The van der Waals surface area contributed by atoms with Gasteiger partial charge in [-0.1, -0.05) is 79.2 Å². The molecule has 0 unspecified atom stereocenters. The summed E-state index contributed by atoms with van der Waals surface area (Å²) in [7, 11) is 0. The predicted molar refractivity (Wildman–Crippen MR) is 142 cm³/mol. The van der Waals surface area contributed by atoms with Gasteiger partial charge in [-0.15, -0.1) is 28.5 Å². The number of amides is 1. The second-order valence-corrected chi connectivity index (χ2v) is 10.4. The van der Waals surface area contributed by atoms with Gasteiger partial charge in [0.25, 0.3) is 0 Å². The van der Waals surface area contributed by atoms with Crippen molar-refractivity contribution >= 4 is 58.3 Å². The minimum absolute atomic E-state index is 0.0745. The Bertz CT molecular complexity index is 1120. The Kier molecular flexibility index (Phi) is 9.74. The number of hydrogen-bond donors (Lipinski definition) is 1. The highest BCUT2D eigenvalue weighted by atomic mass is 35.5. The molecule has 33 heavy (non-hydrogen) atoms. The molecule has 1 aromatic heterocycles. The largest absolute Gasteiger partial charge is 0.325 e. The summed E-state index contributed by atoms with van der Waals surface area (Å²) >= 11 is 15.3. The number of anilines is 1. The molecule has 1 heterocycles. The third kappa shape index (κ3) is 7.27. The lowest BCUT2D eigenvalue weighted by molar-refractivity contribution is -0.113. The van der Waals surface area contributed by atoms with E-state index in [1.165, 1.54) is 11.8 Å². The number of carbonyl (C=O) groups is 1. The lowest BCUT2D eigenvalue weighted by atomic mass is 10.0. The van der Waals surface area contributed by atoms with Crippen molar-refractivity contribution in [2.24, 2.45) is 0 Å². The van der Waals surface area contributed by atoms with E-state index < -0.39 is 0 Å². The normalized spacial score (nSPS) is 11.1. The second-order valence-electron chi connectivity index (χ2n) is 7.61. The zero-order valence-electron chi connectivity index (χ0n) is 18.6. The van der Waals surface area contributed by atoms with Gasteiger partial charge in [0.15, 0.2) is 5.16 Å². The zero-order chi connectivity index (χ0) is 23.8. The van der Waals surface area contributed by atoms with Crippen LogP contribution in [0.4, 0.5) is 5.69 Å². The van der Waals surface area contributed by atoms with Gasteiger partial charge in [-0.25, -0.2) is 0 Å². The Balaban J connectivity index is 1.59. The summed E-state index contributed by atoms with van der Waals surface area (Å²) in [6, 6.07) is 13.4. The smallest absolute Gasteiger partial charge is 0.234 e. The molecule has 0 saturated carbocycles. The molecule has 0 radical (unpaired) electrons. The summed E-state index contributed by atoms with van der Waals surface area (Å²) in [6.07, 6.45) is 1.80. The first kappa shape index (κ1) is 25.7. The third-order valence-corrected chi connectivity index (χ3v) is 7.33.